The van der Waals surface area contributed by atoms with Crippen LogP contribution in [0.5, 0.6) is 11.6 Å². The SMILES string of the molecule is O=[N+]([O-])c1c(Nc2ccc(Br)cc2)ncnc1Oc1ccc(Br)c2cccnc12. The van der Waals surface area contributed by atoms with E-state index in [9.17, 15) is 10.1 Å². The largest absolute Gasteiger partial charge is 0.431 e. The van der Waals surface area contributed by atoms with E-state index in [1.54, 1.807) is 36.5 Å². The molecule has 1 N–H and O–H groups in total. The molecular weight excluding hydrogens is 506 g/mol. The zero-order valence-electron chi connectivity index (χ0n) is 14.5. The van der Waals surface area contributed by atoms with Crippen molar-refractivity contribution in [2.45, 2.75) is 0 Å². The second-order valence-corrected chi connectivity index (χ2v) is 7.58. The molecule has 10 heteroatoms. The summed E-state index contributed by atoms with van der Waals surface area (Å²) in [5.41, 5.74) is 0.816. The van der Waals surface area contributed by atoms with Gasteiger partial charge in [-0.05, 0) is 42.5 Å². The summed E-state index contributed by atoms with van der Waals surface area (Å²) in [5, 5.41) is 15.5. The molecule has 4 aromatic rings. The Labute approximate surface area is 181 Å². The van der Waals surface area contributed by atoms with Crippen LogP contribution in [0, 0.1) is 10.1 Å². The van der Waals surface area contributed by atoms with Crippen molar-refractivity contribution < 1.29 is 9.66 Å². The van der Waals surface area contributed by atoms with Crippen LogP contribution in [0.25, 0.3) is 10.9 Å². The van der Waals surface area contributed by atoms with Gasteiger partial charge in [0.25, 0.3) is 0 Å². The van der Waals surface area contributed by atoms with E-state index in [1.807, 2.05) is 18.2 Å². The first-order chi connectivity index (χ1) is 14.0. The summed E-state index contributed by atoms with van der Waals surface area (Å²) in [7, 11) is 0. The Kier molecular flexibility index (Phi) is 5.36. The van der Waals surface area contributed by atoms with Crippen LogP contribution in [-0.2, 0) is 0 Å². The highest BCUT2D eigenvalue weighted by Gasteiger charge is 2.26. The number of nitrogens with zero attached hydrogens (tertiary/aromatic N) is 4. The standard InChI is InChI=1S/C19H11Br2N5O3/c20-11-3-5-12(6-4-11)25-18-17(26(27)28)19(24-10-23-18)29-15-8-7-14(21)13-2-1-9-22-16(13)15/h1-10H,(H,23,24,25). The van der Waals surface area contributed by atoms with E-state index in [0.29, 0.717) is 17.0 Å². The summed E-state index contributed by atoms with van der Waals surface area (Å²) >= 11 is 6.82. The van der Waals surface area contributed by atoms with Gasteiger partial charge >= 0.3 is 11.6 Å². The average molecular weight is 517 g/mol. The third-order valence-corrected chi connectivity index (χ3v) is 5.18. The first kappa shape index (κ1) is 19.2. The molecule has 0 aliphatic heterocycles. The zero-order valence-corrected chi connectivity index (χ0v) is 17.7. The maximum atomic E-state index is 11.8. The second kappa shape index (κ2) is 8.10. The quantitative estimate of drug-likeness (QED) is 0.256. The molecule has 2 aromatic heterocycles. The normalized spacial score (nSPS) is 10.7. The zero-order chi connectivity index (χ0) is 20.4. The molecule has 0 fully saturated rings. The van der Waals surface area contributed by atoms with Gasteiger partial charge in [-0.15, -0.1) is 0 Å². The smallest absolute Gasteiger partial charge is 0.373 e. The molecule has 2 heterocycles. The van der Waals surface area contributed by atoms with Gasteiger partial charge < -0.3 is 10.1 Å². The van der Waals surface area contributed by atoms with Crippen LogP contribution in [0.15, 0.2) is 70.0 Å². The summed E-state index contributed by atoms with van der Waals surface area (Å²) in [6.07, 6.45) is 2.83. The molecule has 8 nitrogen and oxygen atoms in total. The van der Waals surface area contributed by atoms with Crippen molar-refractivity contribution >= 4 is 60.0 Å². The van der Waals surface area contributed by atoms with Gasteiger partial charge in [0, 0.05) is 26.2 Å². The minimum Gasteiger partial charge on any atom is -0.431 e. The molecule has 0 saturated carbocycles. The van der Waals surface area contributed by atoms with Gasteiger partial charge in [0.2, 0.25) is 5.82 Å². The number of ether oxygens (including phenoxy) is 1. The van der Waals surface area contributed by atoms with E-state index in [2.05, 4.69) is 52.1 Å². The predicted octanol–water partition coefficient (Wildman–Crippen LogP) is 5.99. The monoisotopic (exact) mass is 515 g/mol. The number of aromatic nitrogens is 3. The van der Waals surface area contributed by atoms with E-state index in [4.69, 9.17) is 4.74 Å². The molecule has 0 saturated heterocycles. The number of hydrogen-bond acceptors (Lipinski definition) is 7. The molecule has 0 radical (unpaired) electrons. The van der Waals surface area contributed by atoms with Gasteiger partial charge in [-0.1, -0.05) is 37.9 Å². The van der Waals surface area contributed by atoms with Crippen LogP contribution in [0.2, 0.25) is 0 Å². The topological polar surface area (TPSA) is 103 Å². The number of pyridine rings is 1. The third kappa shape index (κ3) is 4.03. The van der Waals surface area contributed by atoms with E-state index in [0.717, 1.165) is 14.3 Å². The fourth-order valence-electron chi connectivity index (χ4n) is 2.66. The average Bonchev–Trinajstić information content (AvgIpc) is 2.72. The highest BCUT2D eigenvalue weighted by Crippen LogP contribution is 2.38. The van der Waals surface area contributed by atoms with Crippen molar-refractivity contribution in [2.24, 2.45) is 0 Å². The number of fused-ring (bicyclic) bond motifs is 1. The molecule has 2 aromatic carbocycles. The van der Waals surface area contributed by atoms with Crippen LogP contribution in [0.1, 0.15) is 0 Å². The number of anilines is 2. The number of hydrogen-bond donors (Lipinski definition) is 1. The Morgan fingerprint density at radius 3 is 2.55 bits per heavy atom. The van der Waals surface area contributed by atoms with Gasteiger partial charge in [-0.25, -0.2) is 4.98 Å². The molecule has 0 amide bonds. The Morgan fingerprint density at radius 1 is 1.00 bits per heavy atom. The van der Waals surface area contributed by atoms with Crippen LogP contribution in [-0.4, -0.2) is 19.9 Å². The molecule has 0 aliphatic carbocycles. The maximum absolute atomic E-state index is 11.8. The number of halogens is 2. The van der Waals surface area contributed by atoms with Crippen molar-refractivity contribution in [2.75, 3.05) is 5.32 Å². The van der Waals surface area contributed by atoms with Crippen molar-refractivity contribution in [3.05, 3.63) is 80.1 Å². The van der Waals surface area contributed by atoms with Gasteiger partial charge in [-0.3, -0.25) is 15.1 Å². The summed E-state index contributed by atoms with van der Waals surface area (Å²) < 4.78 is 7.54. The van der Waals surface area contributed by atoms with Gasteiger partial charge in [0.15, 0.2) is 5.75 Å². The van der Waals surface area contributed by atoms with Crippen molar-refractivity contribution in [1.29, 1.82) is 0 Å². The second-order valence-electron chi connectivity index (χ2n) is 5.81. The van der Waals surface area contributed by atoms with E-state index in [1.165, 1.54) is 6.33 Å². The lowest BCUT2D eigenvalue weighted by atomic mass is 10.2. The lowest BCUT2D eigenvalue weighted by Crippen LogP contribution is -2.03. The highest BCUT2D eigenvalue weighted by atomic mass is 79.9. The minimum absolute atomic E-state index is 0.0247. The van der Waals surface area contributed by atoms with Gasteiger partial charge in [0.1, 0.15) is 11.8 Å². The third-order valence-electron chi connectivity index (χ3n) is 3.96. The fraction of sp³-hybridized carbons (Fsp3) is 0. The minimum atomic E-state index is -0.578. The lowest BCUT2D eigenvalue weighted by Gasteiger charge is -2.11. The van der Waals surface area contributed by atoms with Crippen LogP contribution < -0.4 is 10.1 Å². The van der Waals surface area contributed by atoms with Crippen LogP contribution >= 0.6 is 31.9 Å². The predicted molar refractivity (Wildman–Crippen MR) is 116 cm³/mol. The molecule has 144 valence electrons. The molecule has 0 unspecified atom stereocenters. The van der Waals surface area contributed by atoms with E-state index >= 15 is 0 Å². The molecule has 4 rings (SSSR count). The van der Waals surface area contributed by atoms with Crippen LogP contribution in [0.4, 0.5) is 17.2 Å². The Balaban J connectivity index is 1.76. The van der Waals surface area contributed by atoms with E-state index < -0.39 is 4.92 Å². The maximum Gasteiger partial charge on any atom is 0.373 e. The first-order valence-electron chi connectivity index (χ1n) is 8.26. The first-order valence-corrected chi connectivity index (χ1v) is 9.84. The molecule has 0 bridgehead atoms. The summed E-state index contributed by atoms with van der Waals surface area (Å²) in [5.74, 6) is 0.191. The number of rotatable bonds is 5. The van der Waals surface area contributed by atoms with Crippen molar-refractivity contribution in [3.63, 3.8) is 0 Å². The fourth-order valence-corrected chi connectivity index (χ4v) is 3.38. The molecule has 0 spiro atoms. The number of nitro groups is 1. The van der Waals surface area contributed by atoms with Gasteiger partial charge in [-0.2, -0.15) is 4.98 Å². The number of nitrogens with one attached hydrogen (secondary N) is 1. The van der Waals surface area contributed by atoms with Crippen LogP contribution in [0.3, 0.4) is 0 Å². The highest BCUT2D eigenvalue weighted by molar-refractivity contribution is 9.11. The Hall–Kier alpha value is -3.11. The lowest BCUT2D eigenvalue weighted by molar-refractivity contribution is -0.385. The Morgan fingerprint density at radius 2 is 1.79 bits per heavy atom. The van der Waals surface area contributed by atoms with Crippen molar-refractivity contribution in [3.8, 4) is 11.6 Å². The van der Waals surface area contributed by atoms with Gasteiger partial charge in [0.05, 0.1) is 4.92 Å². The Bertz CT molecular complexity index is 1220. The number of benzene rings is 2. The molecule has 29 heavy (non-hydrogen) atoms. The summed E-state index contributed by atoms with van der Waals surface area (Å²) in [6.45, 7) is 0. The van der Waals surface area contributed by atoms with Crippen molar-refractivity contribution in [1.82, 2.24) is 15.0 Å². The molecule has 0 atom stereocenters. The summed E-state index contributed by atoms with van der Waals surface area (Å²) in [6, 6.07) is 14.3. The molecule has 0 aliphatic rings. The van der Waals surface area contributed by atoms with E-state index in [-0.39, 0.29) is 17.4 Å². The summed E-state index contributed by atoms with van der Waals surface area (Å²) in [4.78, 5) is 23.5. The molecular formula is C19H11Br2N5O3.